The summed E-state index contributed by atoms with van der Waals surface area (Å²) in [5.74, 6) is 0.677. The van der Waals surface area contributed by atoms with Crippen LogP contribution in [0.15, 0.2) is 36.4 Å². The minimum Gasteiger partial charge on any atom is -0.493 e. The maximum Gasteiger partial charge on any atom is 0.125 e. The van der Waals surface area contributed by atoms with E-state index in [1.165, 1.54) is 0 Å². The van der Waals surface area contributed by atoms with Crippen molar-refractivity contribution >= 4 is 23.2 Å². The number of aliphatic hydroxyl groups is 1. The molecule has 2 aromatic rings. The van der Waals surface area contributed by atoms with Crippen molar-refractivity contribution in [2.45, 2.75) is 20.0 Å². The number of aliphatic hydroxyl groups excluding tert-OH is 1. The Kier molecular flexibility index (Phi) is 4.92. The van der Waals surface area contributed by atoms with E-state index in [-0.39, 0.29) is 0 Å². The molecule has 0 radical (unpaired) electrons. The molecule has 106 valence electrons. The number of rotatable bonds is 4. The molecule has 0 saturated carbocycles. The van der Waals surface area contributed by atoms with Gasteiger partial charge in [0.15, 0.2) is 0 Å². The normalized spacial score (nSPS) is 12.2. The second kappa shape index (κ2) is 6.49. The van der Waals surface area contributed by atoms with E-state index in [1.54, 1.807) is 18.2 Å². The van der Waals surface area contributed by atoms with Crippen LogP contribution in [0.25, 0.3) is 0 Å². The molecule has 2 rings (SSSR count). The predicted molar refractivity (Wildman–Crippen MR) is 82.9 cm³/mol. The van der Waals surface area contributed by atoms with Crippen LogP contribution in [0.2, 0.25) is 10.0 Å². The summed E-state index contributed by atoms with van der Waals surface area (Å²) in [5.41, 5.74) is 2.47. The van der Waals surface area contributed by atoms with Gasteiger partial charge in [-0.05, 0) is 43.7 Å². The van der Waals surface area contributed by atoms with Gasteiger partial charge in [0.2, 0.25) is 0 Å². The van der Waals surface area contributed by atoms with E-state index >= 15 is 0 Å². The fourth-order valence-corrected chi connectivity index (χ4v) is 2.34. The van der Waals surface area contributed by atoms with E-state index in [2.05, 4.69) is 0 Å². The van der Waals surface area contributed by atoms with Gasteiger partial charge in [-0.2, -0.15) is 0 Å². The van der Waals surface area contributed by atoms with Crippen LogP contribution in [0.5, 0.6) is 5.75 Å². The van der Waals surface area contributed by atoms with Gasteiger partial charge in [0, 0.05) is 5.56 Å². The van der Waals surface area contributed by atoms with Gasteiger partial charge in [-0.1, -0.05) is 40.9 Å². The summed E-state index contributed by atoms with van der Waals surface area (Å²) in [4.78, 5) is 0. The van der Waals surface area contributed by atoms with Crippen LogP contribution < -0.4 is 4.74 Å². The Bertz CT molecular complexity index is 611. The second-order valence-corrected chi connectivity index (χ2v) is 5.36. The lowest BCUT2D eigenvalue weighted by molar-refractivity contribution is 0.212. The Balaban J connectivity index is 2.43. The molecule has 2 aromatic carbocycles. The SMILES string of the molecule is CCOc1ccc(C)cc1C(O)c1ccc(Cl)c(Cl)c1. The lowest BCUT2D eigenvalue weighted by Crippen LogP contribution is -2.04. The molecule has 0 aliphatic carbocycles. The maximum atomic E-state index is 10.6. The first-order chi connectivity index (χ1) is 9.52. The van der Waals surface area contributed by atoms with Crippen molar-refractivity contribution in [3.8, 4) is 5.75 Å². The van der Waals surface area contributed by atoms with Gasteiger partial charge in [0.05, 0.1) is 16.7 Å². The van der Waals surface area contributed by atoms with Crippen molar-refractivity contribution in [3.63, 3.8) is 0 Å². The summed E-state index contributed by atoms with van der Waals surface area (Å²) in [7, 11) is 0. The van der Waals surface area contributed by atoms with Gasteiger partial charge in [-0.3, -0.25) is 0 Å². The van der Waals surface area contributed by atoms with Crippen LogP contribution in [0, 0.1) is 6.92 Å². The van der Waals surface area contributed by atoms with E-state index in [9.17, 15) is 5.11 Å². The van der Waals surface area contributed by atoms with Gasteiger partial charge < -0.3 is 9.84 Å². The lowest BCUT2D eigenvalue weighted by atomic mass is 9.99. The van der Waals surface area contributed by atoms with E-state index in [4.69, 9.17) is 27.9 Å². The average Bonchev–Trinajstić information content (AvgIpc) is 2.43. The number of halogens is 2. The zero-order chi connectivity index (χ0) is 14.7. The van der Waals surface area contributed by atoms with Crippen LogP contribution >= 0.6 is 23.2 Å². The Hall–Kier alpha value is -1.22. The molecule has 4 heteroatoms. The van der Waals surface area contributed by atoms with Crippen LogP contribution in [0.3, 0.4) is 0 Å². The predicted octanol–water partition coefficient (Wildman–Crippen LogP) is 4.78. The molecule has 0 heterocycles. The van der Waals surface area contributed by atoms with E-state index in [0.717, 1.165) is 11.1 Å². The van der Waals surface area contributed by atoms with Crippen LogP contribution in [0.4, 0.5) is 0 Å². The first kappa shape index (κ1) is 15.2. The van der Waals surface area contributed by atoms with Gasteiger partial charge in [0.25, 0.3) is 0 Å². The highest BCUT2D eigenvalue weighted by Crippen LogP contribution is 2.33. The second-order valence-electron chi connectivity index (χ2n) is 4.55. The number of aryl methyl sites for hydroxylation is 1. The third-order valence-corrected chi connectivity index (χ3v) is 3.76. The molecule has 1 atom stereocenters. The Labute approximate surface area is 128 Å². The molecule has 0 aliphatic heterocycles. The zero-order valence-corrected chi connectivity index (χ0v) is 12.9. The maximum absolute atomic E-state index is 10.6. The lowest BCUT2D eigenvalue weighted by Gasteiger charge is -2.17. The molecule has 0 amide bonds. The van der Waals surface area contributed by atoms with Crippen molar-refractivity contribution in [3.05, 3.63) is 63.1 Å². The summed E-state index contributed by atoms with van der Waals surface area (Å²) in [6.07, 6.45) is -0.800. The molecule has 0 aromatic heterocycles. The Morgan fingerprint density at radius 1 is 1.10 bits per heavy atom. The number of benzene rings is 2. The van der Waals surface area contributed by atoms with Crippen molar-refractivity contribution in [2.24, 2.45) is 0 Å². The summed E-state index contributed by atoms with van der Waals surface area (Å²) < 4.78 is 5.57. The highest BCUT2D eigenvalue weighted by atomic mass is 35.5. The summed E-state index contributed by atoms with van der Waals surface area (Å²) in [6.45, 7) is 4.43. The summed E-state index contributed by atoms with van der Waals surface area (Å²) in [6, 6.07) is 10.9. The van der Waals surface area contributed by atoms with Gasteiger partial charge in [0.1, 0.15) is 11.9 Å². The quantitative estimate of drug-likeness (QED) is 0.880. The van der Waals surface area contributed by atoms with Gasteiger partial charge >= 0.3 is 0 Å². The molecule has 2 nitrogen and oxygen atoms in total. The molecule has 1 N–H and O–H groups in total. The topological polar surface area (TPSA) is 29.5 Å². The molecule has 1 unspecified atom stereocenters. The largest absolute Gasteiger partial charge is 0.493 e. The van der Waals surface area contributed by atoms with Crippen LogP contribution in [-0.4, -0.2) is 11.7 Å². The van der Waals surface area contributed by atoms with Crippen LogP contribution in [0.1, 0.15) is 29.7 Å². The molecule has 0 aliphatic rings. The van der Waals surface area contributed by atoms with Gasteiger partial charge in [-0.15, -0.1) is 0 Å². The molecule has 0 saturated heterocycles. The molecule has 0 fully saturated rings. The van der Waals surface area contributed by atoms with Gasteiger partial charge in [-0.25, -0.2) is 0 Å². The number of ether oxygens (including phenoxy) is 1. The molecule has 20 heavy (non-hydrogen) atoms. The number of hydrogen-bond acceptors (Lipinski definition) is 2. The average molecular weight is 311 g/mol. The van der Waals surface area contributed by atoms with E-state index in [0.29, 0.717) is 28.0 Å². The molecule has 0 bridgehead atoms. The van der Waals surface area contributed by atoms with Crippen molar-refractivity contribution in [1.82, 2.24) is 0 Å². The highest BCUT2D eigenvalue weighted by molar-refractivity contribution is 6.42. The highest BCUT2D eigenvalue weighted by Gasteiger charge is 2.17. The minimum absolute atomic E-state index is 0.425. The fraction of sp³-hybridized carbons (Fsp3) is 0.250. The molecule has 0 spiro atoms. The van der Waals surface area contributed by atoms with E-state index < -0.39 is 6.10 Å². The van der Waals surface area contributed by atoms with Crippen molar-refractivity contribution < 1.29 is 9.84 Å². The number of hydrogen-bond donors (Lipinski definition) is 1. The first-order valence-electron chi connectivity index (χ1n) is 6.39. The Morgan fingerprint density at radius 3 is 2.50 bits per heavy atom. The zero-order valence-electron chi connectivity index (χ0n) is 11.4. The summed E-state index contributed by atoms with van der Waals surface area (Å²) >= 11 is 11.9. The fourth-order valence-electron chi connectivity index (χ4n) is 2.03. The molecular weight excluding hydrogens is 295 g/mol. The first-order valence-corrected chi connectivity index (χ1v) is 7.15. The van der Waals surface area contributed by atoms with E-state index in [1.807, 2.05) is 32.0 Å². The van der Waals surface area contributed by atoms with Crippen LogP contribution in [-0.2, 0) is 0 Å². The Morgan fingerprint density at radius 2 is 1.85 bits per heavy atom. The van der Waals surface area contributed by atoms with Crippen molar-refractivity contribution in [1.29, 1.82) is 0 Å². The standard InChI is InChI=1S/C16H16Cl2O2/c1-3-20-15-7-4-10(2)8-12(15)16(19)11-5-6-13(17)14(18)9-11/h4-9,16,19H,3H2,1-2H3. The third-order valence-electron chi connectivity index (χ3n) is 3.02. The smallest absolute Gasteiger partial charge is 0.125 e. The van der Waals surface area contributed by atoms with Crippen molar-refractivity contribution in [2.75, 3.05) is 6.61 Å². The summed E-state index contributed by atoms with van der Waals surface area (Å²) in [5, 5.41) is 11.5. The monoisotopic (exact) mass is 310 g/mol. The minimum atomic E-state index is -0.800. The molecular formula is C16H16Cl2O2. The third kappa shape index (κ3) is 3.26.